The maximum Gasteiger partial charge on any atom is 0.387 e. The van der Waals surface area contributed by atoms with Crippen molar-refractivity contribution in [2.45, 2.75) is 6.61 Å². The molecular formula is C16H10F2N2O4. The van der Waals surface area contributed by atoms with Gasteiger partial charge in [0.1, 0.15) is 11.6 Å². The minimum atomic E-state index is -2.93. The van der Waals surface area contributed by atoms with Crippen LogP contribution < -0.4 is 10.3 Å². The molecule has 0 aliphatic heterocycles. The molecule has 24 heavy (non-hydrogen) atoms. The summed E-state index contributed by atoms with van der Waals surface area (Å²) in [6.07, 6.45) is 0. The number of hydrogen-bond donors (Lipinski definition) is 2. The Morgan fingerprint density at radius 3 is 2.50 bits per heavy atom. The molecule has 2 aromatic carbocycles. The number of nitrogens with one attached hydrogen (secondary N) is 1. The molecule has 1 aromatic heterocycles. The first-order valence-corrected chi connectivity index (χ1v) is 6.76. The Bertz CT molecular complexity index is 968. The SMILES string of the molecule is O=C(O)c1ccc2c(=O)[nH]c(-c3ccc(OC(F)F)cc3)nc2c1. The highest BCUT2D eigenvalue weighted by atomic mass is 19.3. The Hall–Kier alpha value is -3.29. The first-order chi connectivity index (χ1) is 11.4. The molecule has 0 radical (unpaired) electrons. The topological polar surface area (TPSA) is 92.3 Å². The number of hydrogen-bond acceptors (Lipinski definition) is 4. The summed E-state index contributed by atoms with van der Waals surface area (Å²) >= 11 is 0. The predicted molar refractivity (Wildman–Crippen MR) is 81.4 cm³/mol. The summed E-state index contributed by atoms with van der Waals surface area (Å²) in [5.74, 6) is -0.960. The number of ether oxygens (including phenoxy) is 1. The summed E-state index contributed by atoms with van der Waals surface area (Å²) < 4.78 is 28.5. The first kappa shape index (κ1) is 15.6. The fraction of sp³-hybridized carbons (Fsp3) is 0.0625. The van der Waals surface area contributed by atoms with Crippen LogP contribution in [0.25, 0.3) is 22.3 Å². The highest BCUT2D eigenvalue weighted by Gasteiger charge is 2.10. The molecule has 0 amide bonds. The van der Waals surface area contributed by atoms with Crippen molar-refractivity contribution in [2.75, 3.05) is 0 Å². The van der Waals surface area contributed by atoms with Crippen molar-refractivity contribution < 1.29 is 23.4 Å². The van der Waals surface area contributed by atoms with Crippen LogP contribution in [0.5, 0.6) is 5.75 Å². The van der Waals surface area contributed by atoms with Crippen molar-refractivity contribution in [3.05, 3.63) is 58.4 Å². The quantitative estimate of drug-likeness (QED) is 0.766. The molecule has 0 unspecified atom stereocenters. The highest BCUT2D eigenvalue weighted by molar-refractivity contribution is 5.93. The maximum atomic E-state index is 12.1. The standard InChI is InChI=1S/C16H10F2N2O4/c17-16(18)24-10-4-1-8(2-5-10)13-19-12-7-9(15(22)23)3-6-11(12)14(21)20-13/h1-7,16H,(H,22,23)(H,19,20,21). The molecule has 2 N–H and O–H groups in total. The van der Waals surface area contributed by atoms with Crippen molar-refractivity contribution in [3.8, 4) is 17.1 Å². The summed E-state index contributed by atoms with van der Waals surface area (Å²) in [7, 11) is 0. The number of fused-ring (bicyclic) bond motifs is 1. The number of H-pyrrole nitrogens is 1. The molecule has 0 spiro atoms. The van der Waals surface area contributed by atoms with Gasteiger partial charge in [-0.25, -0.2) is 9.78 Å². The third kappa shape index (κ3) is 3.07. The fourth-order valence-corrected chi connectivity index (χ4v) is 2.20. The van der Waals surface area contributed by atoms with Crippen LogP contribution in [0.4, 0.5) is 8.78 Å². The zero-order valence-corrected chi connectivity index (χ0v) is 12.0. The van der Waals surface area contributed by atoms with Gasteiger partial charge in [0.15, 0.2) is 0 Å². The van der Waals surface area contributed by atoms with Crippen LogP contribution in [0.15, 0.2) is 47.3 Å². The first-order valence-electron chi connectivity index (χ1n) is 6.76. The van der Waals surface area contributed by atoms with Gasteiger partial charge in [0.25, 0.3) is 5.56 Å². The van der Waals surface area contributed by atoms with E-state index in [0.717, 1.165) is 0 Å². The third-order valence-electron chi connectivity index (χ3n) is 3.31. The number of alkyl halides is 2. The van der Waals surface area contributed by atoms with Crippen LogP contribution in [0.1, 0.15) is 10.4 Å². The number of carboxylic acids is 1. The van der Waals surface area contributed by atoms with E-state index < -0.39 is 18.1 Å². The van der Waals surface area contributed by atoms with Gasteiger partial charge in [-0.15, -0.1) is 0 Å². The van der Waals surface area contributed by atoms with Gasteiger partial charge >= 0.3 is 12.6 Å². The summed E-state index contributed by atoms with van der Waals surface area (Å²) in [4.78, 5) is 29.9. The van der Waals surface area contributed by atoms with Crippen molar-refractivity contribution in [1.82, 2.24) is 9.97 Å². The normalized spacial score (nSPS) is 11.0. The second-order valence-electron chi connectivity index (χ2n) is 4.85. The number of benzene rings is 2. The predicted octanol–water partition coefficient (Wildman–Crippen LogP) is 2.89. The van der Waals surface area contributed by atoms with Crippen molar-refractivity contribution >= 4 is 16.9 Å². The highest BCUT2D eigenvalue weighted by Crippen LogP contribution is 2.21. The van der Waals surface area contributed by atoms with Crippen molar-refractivity contribution in [3.63, 3.8) is 0 Å². The second-order valence-corrected chi connectivity index (χ2v) is 4.85. The number of nitrogens with zero attached hydrogens (tertiary/aromatic N) is 1. The smallest absolute Gasteiger partial charge is 0.387 e. The molecule has 0 fully saturated rings. The maximum absolute atomic E-state index is 12.1. The third-order valence-corrected chi connectivity index (χ3v) is 3.31. The van der Waals surface area contributed by atoms with Crippen molar-refractivity contribution in [1.29, 1.82) is 0 Å². The molecule has 0 bridgehead atoms. The summed E-state index contributed by atoms with van der Waals surface area (Å²) in [5.41, 5.74) is 0.268. The number of carboxylic acid groups (broad SMARTS) is 1. The number of halogens is 2. The monoisotopic (exact) mass is 332 g/mol. The molecule has 3 rings (SSSR count). The van der Waals surface area contributed by atoms with Gasteiger partial charge in [-0.3, -0.25) is 4.79 Å². The van der Waals surface area contributed by atoms with E-state index in [1.165, 1.54) is 42.5 Å². The van der Waals surface area contributed by atoms with Gasteiger partial charge in [-0.1, -0.05) is 0 Å². The van der Waals surface area contributed by atoms with E-state index in [1.807, 2.05) is 0 Å². The van der Waals surface area contributed by atoms with Crippen LogP contribution in [0.3, 0.4) is 0 Å². The van der Waals surface area contributed by atoms with Crippen LogP contribution in [-0.4, -0.2) is 27.7 Å². The molecule has 0 aliphatic rings. The molecule has 0 atom stereocenters. The van der Waals surface area contributed by atoms with Gasteiger partial charge < -0.3 is 14.8 Å². The lowest BCUT2D eigenvalue weighted by molar-refractivity contribution is -0.0498. The Labute approximate surface area is 133 Å². The van der Waals surface area contributed by atoms with Crippen LogP contribution in [0, 0.1) is 0 Å². The molecule has 6 nitrogen and oxygen atoms in total. The number of carbonyl (C=O) groups is 1. The Balaban J connectivity index is 2.06. The molecule has 0 saturated carbocycles. The molecular weight excluding hydrogens is 322 g/mol. The van der Waals surface area contributed by atoms with E-state index in [9.17, 15) is 18.4 Å². The molecule has 122 valence electrons. The van der Waals surface area contributed by atoms with Crippen LogP contribution in [0.2, 0.25) is 0 Å². The molecule has 0 aliphatic carbocycles. The van der Waals surface area contributed by atoms with E-state index in [4.69, 9.17) is 5.11 Å². The zero-order chi connectivity index (χ0) is 17.3. The van der Waals surface area contributed by atoms with Gasteiger partial charge in [0, 0.05) is 5.56 Å². The number of aromatic amines is 1. The number of aromatic nitrogens is 2. The average Bonchev–Trinajstić information content (AvgIpc) is 2.54. The Morgan fingerprint density at radius 1 is 1.17 bits per heavy atom. The summed E-state index contributed by atoms with van der Waals surface area (Å²) in [6, 6.07) is 9.56. The minimum absolute atomic E-state index is 0.00670. The van der Waals surface area contributed by atoms with Crippen LogP contribution in [-0.2, 0) is 0 Å². The van der Waals surface area contributed by atoms with Crippen molar-refractivity contribution in [2.24, 2.45) is 0 Å². The largest absolute Gasteiger partial charge is 0.478 e. The lowest BCUT2D eigenvalue weighted by Crippen LogP contribution is -2.10. The van der Waals surface area contributed by atoms with E-state index in [0.29, 0.717) is 5.56 Å². The van der Waals surface area contributed by atoms with Gasteiger partial charge in [0.05, 0.1) is 16.5 Å². The van der Waals surface area contributed by atoms with Gasteiger partial charge in [0.2, 0.25) is 0 Å². The number of rotatable bonds is 4. The molecule has 0 saturated heterocycles. The minimum Gasteiger partial charge on any atom is -0.478 e. The van der Waals surface area contributed by atoms with E-state index in [1.54, 1.807) is 0 Å². The lowest BCUT2D eigenvalue weighted by Gasteiger charge is -2.06. The molecule has 8 heteroatoms. The van der Waals surface area contributed by atoms with Crippen LogP contribution >= 0.6 is 0 Å². The molecule has 3 aromatic rings. The van der Waals surface area contributed by atoms with E-state index in [2.05, 4.69) is 14.7 Å². The Morgan fingerprint density at radius 2 is 1.88 bits per heavy atom. The van der Waals surface area contributed by atoms with Gasteiger partial charge in [-0.05, 0) is 42.5 Å². The second kappa shape index (κ2) is 6.07. The average molecular weight is 332 g/mol. The Kier molecular flexibility index (Phi) is 3.95. The lowest BCUT2D eigenvalue weighted by atomic mass is 10.1. The van der Waals surface area contributed by atoms with E-state index in [-0.39, 0.29) is 28.0 Å². The number of aromatic carboxylic acids is 1. The summed E-state index contributed by atoms with van der Waals surface area (Å²) in [6.45, 7) is -2.93. The summed E-state index contributed by atoms with van der Waals surface area (Å²) in [5, 5.41) is 9.26. The zero-order valence-electron chi connectivity index (χ0n) is 12.0. The van der Waals surface area contributed by atoms with E-state index >= 15 is 0 Å². The van der Waals surface area contributed by atoms with Gasteiger partial charge in [-0.2, -0.15) is 8.78 Å². The fourth-order valence-electron chi connectivity index (χ4n) is 2.20. The molecule has 1 heterocycles.